The molecule has 1 rings (SSSR count). The van der Waals surface area contributed by atoms with Gasteiger partial charge in [0.1, 0.15) is 0 Å². The first kappa shape index (κ1) is 14.7. The number of nitro groups is 1. The largest absolute Gasteiger partial charge is 0.760 e. The van der Waals surface area contributed by atoms with Gasteiger partial charge < -0.3 is 4.55 Å². The summed E-state index contributed by atoms with van der Waals surface area (Å²) in [5, 5.41) is 14.5. The molecule has 0 amide bonds. The van der Waals surface area contributed by atoms with Crippen LogP contribution in [0, 0.1) is 30.9 Å². The second kappa shape index (κ2) is 6.31. The molecule has 0 aromatic heterocycles. The lowest BCUT2D eigenvalue weighted by Crippen LogP contribution is -1.97. The summed E-state index contributed by atoms with van der Waals surface area (Å²) in [6, 6.07) is 3.20. The summed E-state index contributed by atoms with van der Waals surface area (Å²) in [4.78, 5) is 10.1. The molecule has 1 aromatic carbocycles. The first-order valence-electron chi connectivity index (χ1n) is 4.31. The Balaban J connectivity index is 0.000000487. The van der Waals surface area contributed by atoms with Crippen LogP contribution in [0.1, 0.15) is 16.7 Å². The SMILES string of the molecule is Cc1cc([N+](=O)[O-])cc(C)c1C.NS(=O)[O-]. The van der Waals surface area contributed by atoms with Crippen molar-refractivity contribution in [2.75, 3.05) is 0 Å². The minimum absolute atomic E-state index is 0.176. The molecule has 0 heterocycles. The maximum Gasteiger partial charge on any atom is 0.269 e. The topological polar surface area (TPSA) is 109 Å². The second-order valence-electron chi connectivity index (χ2n) is 3.22. The highest BCUT2D eigenvalue weighted by molar-refractivity contribution is 7.76. The number of benzene rings is 1. The Hall–Kier alpha value is -1.31. The van der Waals surface area contributed by atoms with Gasteiger partial charge in [-0.3, -0.25) is 19.5 Å². The van der Waals surface area contributed by atoms with Crippen LogP contribution in [0.15, 0.2) is 12.1 Å². The summed E-state index contributed by atoms with van der Waals surface area (Å²) in [7, 11) is 0. The van der Waals surface area contributed by atoms with Crippen molar-refractivity contribution in [1.29, 1.82) is 0 Å². The Kier molecular flexibility index (Phi) is 5.79. The summed E-state index contributed by atoms with van der Waals surface area (Å²) in [5.41, 5.74) is 3.25. The van der Waals surface area contributed by atoms with Crippen molar-refractivity contribution in [3.05, 3.63) is 38.9 Å². The number of rotatable bonds is 1. The van der Waals surface area contributed by atoms with E-state index in [1.165, 1.54) is 0 Å². The lowest BCUT2D eigenvalue weighted by Gasteiger charge is -2.02. The predicted molar refractivity (Wildman–Crippen MR) is 60.4 cm³/mol. The molecule has 0 aliphatic carbocycles. The van der Waals surface area contributed by atoms with Crippen molar-refractivity contribution < 1.29 is 13.7 Å². The fourth-order valence-electron chi connectivity index (χ4n) is 1.12. The maximum absolute atomic E-state index is 10.4. The van der Waals surface area contributed by atoms with Gasteiger partial charge in [0.25, 0.3) is 5.69 Å². The van der Waals surface area contributed by atoms with E-state index in [1.807, 2.05) is 20.8 Å². The fraction of sp³-hybridized carbons (Fsp3) is 0.333. The molecule has 0 saturated heterocycles. The Labute approximate surface area is 96.0 Å². The molecule has 1 unspecified atom stereocenters. The molecular formula is C9H13N2O4S-. The summed E-state index contributed by atoms with van der Waals surface area (Å²) in [6.07, 6.45) is 0. The van der Waals surface area contributed by atoms with Crippen molar-refractivity contribution in [3.63, 3.8) is 0 Å². The third-order valence-electron chi connectivity index (χ3n) is 2.12. The maximum atomic E-state index is 10.4. The molecule has 0 aliphatic rings. The van der Waals surface area contributed by atoms with Gasteiger partial charge in [-0.1, -0.05) is 0 Å². The summed E-state index contributed by atoms with van der Waals surface area (Å²) < 4.78 is 17.6. The van der Waals surface area contributed by atoms with E-state index in [-0.39, 0.29) is 10.6 Å². The van der Waals surface area contributed by atoms with Crippen LogP contribution < -0.4 is 5.14 Å². The number of hydrogen-bond donors (Lipinski definition) is 1. The number of nitrogens with two attached hydrogens (primary N) is 1. The third kappa shape index (κ3) is 4.96. The highest BCUT2D eigenvalue weighted by Crippen LogP contribution is 2.20. The van der Waals surface area contributed by atoms with E-state index >= 15 is 0 Å². The van der Waals surface area contributed by atoms with E-state index in [4.69, 9.17) is 8.76 Å². The molecule has 0 fully saturated rings. The van der Waals surface area contributed by atoms with Crippen molar-refractivity contribution in [2.24, 2.45) is 5.14 Å². The summed E-state index contributed by atoms with van der Waals surface area (Å²) in [5.74, 6) is 0. The van der Waals surface area contributed by atoms with E-state index in [9.17, 15) is 10.1 Å². The monoisotopic (exact) mass is 245 g/mol. The Morgan fingerprint density at radius 1 is 1.25 bits per heavy atom. The lowest BCUT2D eigenvalue weighted by molar-refractivity contribution is -0.385. The van der Waals surface area contributed by atoms with Crippen LogP contribution >= 0.6 is 0 Å². The minimum Gasteiger partial charge on any atom is -0.760 e. The average Bonchev–Trinajstić information content (AvgIpc) is 2.12. The number of nitrogens with zero attached hydrogens (tertiary/aromatic N) is 1. The smallest absolute Gasteiger partial charge is 0.269 e. The molecule has 0 aliphatic heterocycles. The molecule has 1 atom stereocenters. The van der Waals surface area contributed by atoms with E-state index in [0.29, 0.717) is 0 Å². The number of aryl methyl sites for hydroxylation is 2. The molecule has 90 valence electrons. The van der Waals surface area contributed by atoms with Crippen LogP contribution in [0.4, 0.5) is 5.69 Å². The van der Waals surface area contributed by atoms with Gasteiger partial charge in [-0.05, 0) is 37.5 Å². The van der Waals surface area contributed by atoms with Crippen molar-refractivity contribution >= 4 is 17.0 Å². The predicted octanol–water partition coefficient (Wildman–Crippen LogP) is 1.26. The molecular weight excluding hydrogens is 232 g/mol. The normalized spacial score (nSPS) is 11.3. The van der Waals surface area contributed by atoms with E-state index in [1.54, 1.807) is 12.1 Å². The molecule has 1 aromatic rings. The highest BCUT2D eigenvalue weighted by atomic mass is 32.2. The zero-order valence-electron chi connectivity index (χ0n) is 9.22. The Morgan fingerprint density at radius 3 is 1.81 bits per heavy atom. The number of nitro benzene ring substituents is 1. The average molecular weight is 245 g/mol. The minimum atomic E-state index is -2.36. The molecule has 0 spiro atoms. The zero-order chi connectivity index (χ0) is 12.9. The van der Waals surface area contributed by atoms with E-state index in [0.717, 1.165) is 16.7 Å². The zero-order valence-corrected chi connectivity index (χ0v) is 10.0. The van der Waals surface area contributed by atoms with Gasteiger partial charge in [-0.15, -0.1) is 0 Å². The van der Waals surface area contributed by atoms with E-state index in [2.05, 4.69) is 5.14 Å². The van der Waals surface area contributed by atoms with Gasteiger partial charge >= 0.3 is 0 Å². The van der Waals surface area contributed by atoms with Gasteiger partial charge in [0, 0.05) is 23.4 Å². The lowest BCUT2D eigenvalue weighted by atomic mass is 10.0. The highest BCUT2D eigenvalue weighted by Gasteiger charge is 2.08. The molecule has 2 N–H and O–H groups in total. The van der Waals surface area contributed by atoms with Crippen molar-refractivity contribution in [1.82, 2.24) is 0 Å². The van der Waals surface area contributed by atoms with Gasteiger partial charge in [-0.2, -0.15) is 0 Å². The summed E-state index contributed by atoms with van der Waals surface area (Å²) >= 11 is -2.36. The van der Waals surface area contributed by atoms with Gasteiger partial charge in [-0.25, -0.2) is 0 Å². The molecule has 0 radical (unpaired) electrons. The molecule has 0 saturated carbocycles. The molecule has 7 heteroatoms. The fourth-order valence-corrected chi connectivity index (χ4v) is 1.12. The standard InChI is InChI=1S/C9H11NO2.H3NO2S/c1-6-4-9(10(11)12)5-7(2)8(6)3;1-4(2)3/h4-5H,1-3H3;1H2,(H,2,3)/p-1. The quantitative estimate of drug-likeness (QED) is 0.456. The third-order valence-corrected chi connectivity index (χ3v) is 2.12. The van der Waals surface area contributed by atoms with Gasteiger partial charge in [0.15, 0.2) is 0 Å². The van der Waals surface area contributed by atoms with Crippen molar-refractivity contribution in [3.8, 4) is 0 Å². The van der Waals surface area contributed by atoms with E-state index < -0.39 is 11.3 Å². The van der Waals surface area contributed by atoms with Crippen LogP contribution in [0.2, 0.25) is 0 Å². The number of hydrogen-bond acceptors (Lipinski definition) is 4. The molecule has 0 bridgehead atoms. The molecule has 16 heavy (non-hydrogen) atoms. The van der Waals surface area contributed by atoms with Crippen LogP contribution in [-0.2, 0) is 11.3 Å². The first-order chi connectivity index (χ1) is 7.25. The summed E-state index contributed by atoms with van der Waals surface area (Å²) in [6.45, 7) is 5.74. The van der Waals surface area contributed by atoms with Gasteiger partial charge in [0.2, 0.25) is 0 Å². The second-order valence-corrected chi connectivity index (χ2v) is 3.74. The van der Waals surface area contributed by atoms with Crippen LogP contribution in [0.3, 0.4) is 0 Å². The molecule has 6 nitrogen and oxygen atoms in total. The Morgan fingerprint density at radius 2 is 1.56 bits per heavy atom. The van der Waals surface area contributed by atoms with Crippen molar-refractivity contribution in [2.45, 2.75) is 20.8 Å². The van der Waals surface area contributed by atoms with Crippen LogP contribution in [-0.4, -0.2) is 13.7 Å². The first-order valence-corrected chi connectivity index (χ1v) is 5.45. The number of non-ortho nitro benzene ring substituents is 1. The Bertz CT molecular complexity index is 393. The van der Waals surface area contributed by atoms with Crippen LogP contribution in [0.5, 0.6) is 0 Å². The van der Waals surface area contributed by atoms with Gasteiger partial charge in [0.05, 0.1) is 4.92 Å². The van der Waals surface area contributed by atoms with Crippen LogP contribution in [0.25, 0.3) is 0 Å².